The number of alkyl halides is 3. The van der Waals surface area contributed by atoms with E-state index in [1.54, 1.807) is 39.5 Å². The van der Waals surface area contributed by atoms with Crippen molar-refractivity contribution >= 4 is 12.0 Å². The Balaban J connectivity index is 1.93. The third-order valence-electron chi connectivity index (χ3n) is 4.55. The van der Waals surface area contributed by atoms with Gasteiger partial charge in [-0.15, -0.1) is 0 Å². The lowest BCUT2D eigenvalue weighted by Crippen LogP contribution is -2.50. The number of rotatable bonds is 6. The Hall–Kier alpha value is -2.52. The van der Waals surface area contributed by atoms with E-state index in [4.69, 9.17) is 9.47 Å². The van der Waals surface area contributed by atoms with E-state index in [2.05, 4.69) is 10.3 Å². The van der Waals surface area contributed by atoms with E-state index < -0.39 is 34.9 Å². The van der Waals surface area contributed by atoms with Crippen LogP contribution in [0, 0.1) is 0 Å². The number of nitrogens with zero attached hydrogens (tertiary/aromatic N) is 2. The van der Waals surface area contributed by atoms with Gasteiger partial charge in [0.05, 0.1) is 5.54 Å². The topological polar surface area (TPSA) is 80.8 Å². The van der Waals surface area contributed by atoms with Crippen molar-refractivity contribution in [2.45, 2.75) is 77.2 Å². The van der Waals surface area contributed by atoms with Crippen LogP contribution < -0.4 is 10.1 Å². The van der Waals surface area contributed by atoms with Gasteiger partial charge >= 0.3 is 12.3 Å². The molecule has 1 fully saturated rings. The second-order valence-corrected chi connectivity index (χ2v) is 9.25. The number of carbonyl (C=O) groups excluding carboxylic acids is 2. The fourth-order valence-corrected chi connectivity index (χ4v) is 3.26. The van der Waals surface area contributed by atoms with E-state index in [0.29, 0.717) is 13.0 Å². The smallest absolute Gasteiger partial charge is 0.421 e. The molecule has 174 valence electrons. The molecule has 1 aliphatic heterocycles. The third-order valence-corrected chi connectivity index (χ3v) is 4.55. The lowest BCUT2D eigenvalue weighted by molar-refractivity contribution is -0.139. The zero-order valence-electron chi connectivity index (χ0n) is 18.5. The number of ether oxygens (including phenoxy) is 2. The molecule has 0 aromatic carbocycles. The van der Waals surface area contributed by atoms with Gasteiger partial charge < -0.3 is 19.7 Å². The average molecular weight is 445 g/mol. The third kappa shape index (κ3) is 7.59. The molecule has 2 amide bonds. The maximum atomic E-state index is 13.1. The van der Waals surface area contributed by atoms with E-state index in [1.807, 2.05) is 0 Å². The zero-order chi connectivity index (χ0) is 23.4. The summed E-state index contributed by atoms with van der Waals surface area (Å²) in [6.45, 7) is 8.91. The average Bonchev–Trinajstić information content (AvgIpc) is 3.05. The van der Waals surface area contributed by atoms with Crippen LogP contribution in [0.5, 0.6) is 5.88 Å². The molecule has 1 N–H and O–H groups in total. The molecule has 1 aromatic rings. The predicted octanol–water partition coefficient (Wildman–Crippen LogP) is 4.16. The van der Waals surface area contributed by atoms with Gasteiger partial charge in [0, 0.05) is 25.2 Å². The summed E-state index contributed by atoms with van der Waals surface area (Å²) < 4.78 is 49.9. The summed E-state index contributed by atoms with van der Waals surface area (Å²) in [5, 5.41) is 2.77. The lowest BCUT2D eigenvalue weighted by Gasteiger charge is -2.30. The Kier molecular flexibility index (Phi) is 7.44. The highest BCUT2D eigenvalue weighted by atomic mass is 19.4. The van der Waals surface area contributed by atoms with Crippen molar-refractivity contribution in [3.63, 3.8) is 0 Å². The van der Waals surface area contributed by atoms with E-state index in [9.17, 15) is 22.8 Å². The number of amides is 2. The van der Waals surface area contributed by atoms with E-state index in [-0.39, 0.29) is 25.0 Å². The van der Waals surface area contributed by atoms with E-state index >= 15 is 0 Å². The Morgan fingerprint density at radius 2 is 1.90 bits per heavy atom. The quantitative estimate of drug-likeness (QED) is 0.711. The molecule has 0 aliphatic carbocycles. The molecule has 31 heavy (non-hydrogen) atoms. The van der Waals surface area contributed by atoms with Crippen LogP contribution in [0.1, 0.15) is 59.4 Å². The summed E-state index contributed by atoms with van der Waals surface area (Å²) in [7, 11) is 0. The summed E-state index contributed by atoms with van der Waals surface area (Å²) in [5.41, 5.74) is -2.56. The molecular weight excluding hydrogens is 415 g/mol. The fraction of sp³-hybridized carbons (Fsp3) is 0.667. The van der Waals surface area contributed by atoms with Crippen molar-refractivity contribution in [1.29, 1.82) is 0 Å². The maximum absolute atomic E-state index is 13.1. The van der Waals surface area contributed by atoms with Crippen LogP contribution in [0.2, 0.25) is 0 Å². The summed E-state index contributed by atoms with van der Waals surface area (Å²) >= 11 is 0. The van der Waals surface area contributed by atoms with Crippen LogP contribution in [-0.2, 0) is 15.7 Å². The van der Waals surface area contributed by atoms with Crippen LogP contribution in [-0.4, -0.2) is 52.2 Å². The summed E-state index contributed by atoms with van der Waals surface area (Å²) in [5.74, 6) is -0.865. The number of hydrogen-bond donors (Lipinski definition) is 1. The highest BCUT2D eigenvalue weighted by molar-refractivity contribution is 5.78. The van der Waals surface area contributed by atoms with Gasteiger partial charge in [0.25, 0.3) is 0 Å². The molecule has 1 aromatic heterocycles. The Labute approximate surface area is 180 Å². The molecule has 7 nitrogen and oxygen atoms in total. The van der Waals surface area contributed by atoms with Crippen LogP contribution in [0.25, 0.3) is 0 Å². The van der Waals surface area contributed by atoms with Crippen molar-refractivity contribution in [3.05, 3.63) is 23.9 Å². The number of hydrogen-bond acceptors (Lipinski definition) is 5. The Morgan fingerprint density at radius 1 is 1.23 bits per heavy atom. The minimum Gasteiger partial charge on any atom is -0.475 e. The molecule has 1 aliphatic rings. The van der Waals surface area contributed by atoms with Gasteiger partial charge in [-0.2, -0.15) is 13.2 Å². The Morgan fingerprint density at radius 3 is 2.52 bits per heavy atom. The normalized spacial score (nSPS) is 17.4. The van der Waals surface area contributed by atoms with Crippen LogP contribution in [0.15, 0.2) is 18.3 Å². The molecule has 0 radical (unpaired) electrons. The number of nitrogens with one attached hydrogen (secondary N) is 1. The molecule has 2 heterocycles. The second kappa shape index (κ2) is 9.32. The van der Waals surface area contributed by atoms with Crippen molar-refractivity contribution < 1.29 is 32.2 Å². The van der Waals surface area contributed by atoms with Crippen molar-refractivity contribution in [2.24, 2.45) is 0 Å². The first-order chi connectivity index (χ1) is 14.2. The monoisotopic (exact) mass is 445 g/mol. The fourth-order valence-electron chi connectivity index (χ4n) is 3.26. The maximum Gasteiger partial charge on any atom is 0.421 e. The van der Waals surface area contributed by atoms with Gasteiger partial charge in [0.1, 0.15) is 17.8 Å². The van der Waals surface area contributed by atoms with Gasteiger partial charge in [-0.05, 0) is 59.6 Å². The van der Waals surface area contributed by atoms with Gasteiger partial charge in [0.2, 0.25) is 11.8 Å². The number of likely N-dealkylation sites (tertiary alicyclic amines) is 1. The van der Waals surface area contributed by atoms with Crippen LogP contribution >= 0.6 is 0 Å². The largest absolute Gasteiger partial charge is 0.475 e. The predicted molar refractivity (Wildman–Crippen MR) is 108 cm³/mol. The number of carbonyl (C=O) groups is 2. The van der Waals surface area contributed by atoms with E-state index in [1.165, 1.54) is 12.3 Å². The second-order valence-electron chi connectivity index (χ2n) is 9.25. The first kappa shape index (κ1) is 24.7. The summed E-state index contributed by atoms with van der Waals surface area (Å²) in [6, 6.07) is 1.78. The van der Waals surface area contributed by atoms with Gasteiger partial charge in [0.15, 0.2) is 0 Å². The standard InChI is InChI=1S/C21H30F3N3O4/c1-19(2,3)31-18(29)27-11-7-8-14(27)12-16(28)26-20(4,5)13-30-17-15(21(22,23)24)9-6-10-25-17/h6,9-10,14H,7-8,11-13H2,1-5H3,(H,26,28)/t14-/m1/s1. The molecular formula is C21H30F3N3O4. The molecule has 1 saturated heterocycles. The lowest BCUT2D eigenvalue weighted by atomic mass is 10.1. The molecule has 2 rings (SSSR count). The van der Waals surface area contributed by atoms with Gasteiger partial charge in [-0.25, -0.2) is 9.78 Å². The van der Waals surface area contributed by atoms with Gasteiger partial charge in [-0.3, -0.25) is 4.79 Å². The van der Waals surface area contributed by atoms with Crippen LogP contribution in [0.3, 0.4) is 0 Å². The summed E-state index contributed by atoms with van der Waals surface area (Å²) in [6.07, 6.45) is -2.33. The van der Waals surface area contributed by atoms with E-state index in [0.717, 1.165) is 12.5 Å². The number of pyridine rings is 1. The molecule has 10 heteroatoms. The SMILES string of the molecule is CC(C)(COc1ncccc1C(F)(F)F)NC(=O)C[C@H]1CCCN1C(=O)OC(C)(C)C. The first-order valence-electron chi connectivity index (χ1n) is 10.1. The molecule has 0 saturated carbocycles. The zero-order valence-corrected chi connectivity index (χ0v) is 18.5. The first-order valence-corrected chi connectivity index (χ1v) is 10.1. The van der Waals surface area contributed by atoms with Crippen molar-refractivity contribution in [2.75, 3.05) is 13.2 Å². The molecule has 0 bridgehead atoms. The molecule has 0 spiro atoms. The molecule has 1 atom stereocenters. The molecule has 0 unspecified atom stereocenters. The van der Waals surface area contributed by atoms with Crippen molar-refractivity contribution in [3.8, 4) is 5.88 Å². The number of aromatic nitrogens is 1. The summed E-state index contributed by atoms with van der Waals surface area (Å²) in [4.78, 5) is 30.1. The Bertz CT molecular complexity index is 791. The minimum absolute atomic E-state index is 0.0695. The highest BCUT2D eigenvalue weighted by Crippen LogP contribution is 2.34. The van der Waals surface area contributed by atoms with Crippen LogP contribution in [0.4, 0.5) is 18.0 Å². The highest BCUT2D eigenvalue weighted by Gasteiger charge is 2.36. The number of halogens is 3. The van der Waals surface area contributed by atoms with Gasteiger partial charge in [-0.1, -0.05) is 0 Å². The van der Waals surface area contributed by atoms with Crippen molar-refractivity contribution in [1.82, 2.24) is 15.2 Å². The minimum atomic E-state index is -4.59.